The van der Waals surface area contributed by atoms with Gasteiger partial charge in [-0.05, 0) is 56.1 Å². The second-order valence-electron chi connectivity index (χ2n) is 7.40. The first kappa shape index (κ1) is 20.1. The largest absolute Gasteiger partial charge is 0.355 e. The van der Waals surface area contributed by atoms with Gasteiger partial charge < -0.3 is 15.1 Å². The number of nitrogens with zero attached hydrogens (tertiary/aromatic N) is 2. The lowest BCUT2D eigenvalue weighted by atomic mass is 10.0. The van der Waals surface area contributed by atoms with Crippen LogP contribution in [0.2, 0.25) is 0 Å². The van der Waals surface area contributed by atoms with Crippen LogP contribution in [0.5, 0.6) is 0 Å². The Morgan fingerprint density at radius 2 is 1.61 bits per heavy atom. The van der Waals surface area contributed by atoms with Crippen molar-refractivity contribution in [3.8, 4) is 0 Å². The van der Waals surface area contributed by atoms with Gasteiger partial charge in [-0.1, -0.05) is 30.3 Å². The Morgan fingerprint density at radius 1 is 1.00 bits per heavy atom. The minimum atomic E-state index is -0.140. The van der Waals surface area contributed by atoms with Crippen molar-refractivity contribution >= 4 is 11.8 Å². The number of likely N-dealkylation sites (N-methyl/N-ethyl adjacent to an activating group) is 1. The first-order chi connectivity index (χ1) is 13.6. The lowest BCUT2D eigenvalue weighted by Crippen LogP contribution is -2.46. The molecule has 28 heavy (non-hydrogen) atoms. The van der Waals surface area contributed by atoms with E-state index in [2.05, 4.69) is 41.5 Å². The van der Waals surface area contributed by atoms with Crippen molar-refractivity contribution in [2.45, 2.75) is 25.3 Å². The van der Waals surface area contributed by atoms with Crippen LogP contribution in [-0.4, -0.2) is 61.4 Å². The Bertz CT molecular complexity index is 781. The SMILES string of the molecule is CNC(=O)c1ccc(C(=O)N2CCC(N(C)CCc3ccccc3)CC2)cc1. The molecule has 148 valence electrons. The van der Waals surface area contributed by atoms with E-state index in [4.69, 9.17) is 0 Å². The summed E-state index contributed by atoms with van der Waals surface area (Å²) in [5.74, 6) is -0.0906. The molecule has 0 saturated carbocycles. The van der Waals surface area contributed by atoms with Crippen molar-refractivity contribution in [2.24, 2.45) is 0 Å². The number of nitrogens with one attached hydrogen (secondary N) is 1. The lowest BCUT2D eigenvalue weighted by Gasteiger charge is -2.37. The van der Waals surface area contributed by atoms with E-state index in [1.807, 2.05) is 11.0 Å². The average molecular weight is 380 g/mol. The predicted molar refractivity (Wildman–Crippen MR) is 112 cm³/mol. The fourth-order valence-corrected chi connectivity index (χ4v) is 3.73. The zero-order valence-corrected chi connectivity index (χ0v) is 16.7. The minimum absolute atomic E-state index is 0.0499. The topological polar surface area (TPSA) is 52.7 Å². The van der Waals surface area contributed by atoms with Crippen LogP contribution < -0.4 is 5.32 Å². The maximum absolute atomic E-state index is 12.7. The standard InChI is InChI=1S/C23H29N3O2/c1-24-22(27)19-8-10-20(11-9-19)23(28)26-16-13-21(14-17-26)25(2)15-12-18-6-4-3-5-7-18/h3-11,21H,12-17H2,1-2H3,(H,24,27). The minimum Gasteiger partial charge on any atom is -0.355 e. The van der Waals surface area contributed by atoms with Crippen LogP contribution in [0.1, 0.15) is 39.1 Å². The molecular formula is C23H29N3O2. The fraction of sp³-hybridized carbons (Fsp3) is 0.391. The summed E-state index contributed by atoms with van der Waals surface area (Å²) in [6.07, 6.45) is 3.04. The van der Waals surface area contributed by atoms with Crippen LogP contribution in [0.3, 0.4) is 0 Å². The molecule has 0 aliphatic carbocycles. The maximum Gasteiger partial charge on any atom is 0.253 e. The van der Waals surface area contributed by atoms with Crippen LogP contribution >= 0.6 is 0 Å². The van der Waals surface area contributed by atoms with Gasteiger partial charge in [-0.15, -0.1) is 0 Å². The average Bonchev–Trinajstić information content (AvgIpc) is 2.77. The van der Waals surface area contributed by atoms with Crippen LogP contribution in [0.4, 0.5) is 0 Å². The molecule has 5 nitrogen and oxygen atoms in total. The second-order valence-corrected chi connectivity index (χ2v) is 7.40. The molecule has 0 radical (unpaired) electrons. The van der Waals surface area contributed by atoms with Gasteiger partial charge in [0.05, 0.1) is 0 Å². The molecule has 1 aliphatic rings. The Labute approximate surface area is 167 Å². The van der Waals surface area contributed by atoms with E-state index >= 15 is 0 Å². The maximum atomic E-state index is 12.7. The normalized spacial score (nSPS) is 14.9. The van der Waals surface area contributed by atoms with Crippen LogP contribution in [0, 0.1) is 0 Å². The van der Waals surface area contributed by atoms with E-state index < -0.39 is 0 Å². The van der Waals surface area contributed by atoms with Gasteiger partial charge in [-0.25, -0.2) is 0 Å². The summed E-state index contributed by atoms with van der Waals surface area (Å²) in [6, 6.07) is 18.0. The number of rotatable bonds is 6. The highest BCUT2D eigenvalue weighted by atomic mass is 16.2. The zero-order valence-electron chi connectivity index (χ0n) is 16.7. The number of hydrogen-bond acceptors (Lipinski definition) is 3. The van der Waals surface area contributed by atoms with E-state index in [9.17, 15) is 9.59 Å². The van der Waals surface area contributed by atoms with Gasteiger partial charge in [0.1, 0.15) is 0 Å². The molecule has 0 spiro atoms. The van der Waals surface area contributed by atoms with Crippen molar-refractivity contribution in [1.82, 2.24) is 15.1 Å². The number of benzene rings is 2. The summed E-state index contributed by atoms with van der Waals surface area (Å²) in [5, 5.41) is 2.59. The molecule has 0 aromatic heterocycles. The zero-order chi connectivity index (χ0) is 19.9. The fourth-order valence-electron chi connectivity index (χ4n) is 3.73. The Morgan fingerprint density at radius 3 is 2.21 bits per heavy atom. The third-order valence-corrected chi connectivity index (χ3v) is 5.59. The third kappa shape index (κ3) is 4.98. The summed E-state index contributed by atoms with van der Waals surface area (Å²) in [4.78, 5) is 28.7. The highest BCUT2D eigenvalue weighted by Gasteiger charge is 2.25. The molecule has 2 aromatic rings. The van der Waals surface area contributed by atoms with E-state index in [-0.39, 0.29) is 11.8 Å². The first-order valence-electron chi connectivity index (χ1n) is 9.94. The Kier molecular flexibility index (Phi) is 6.82. The van der Waals surface area contributed by atoms with Gasteiger partial charge in [0, 0.05) is 43.9 Å². The lowest BCUT2D eigenvalue weighted by molar-refractivity contribution is 0.0646. The smallest absolute Gasteiger partial charge is 0.253 e. The van der Waals surface area contributed by atoms with Gasteiger partial charge in [0.25, 0.3) is 11.8 Å². The number of likely N-dealkylation sites (tertiary alicyclic amines) is 1. The van der Waals surface area contributed by atoms with Crippen molar-refractivity contribution in [1.29, 1.82) is 0 Å². The van der Waals surface area contributed by atoms with Crippen LogP contribution in [-0.2, 0) is 6.42 Å². The molecule has 0 bridgehead atoms. The third-order valence-electron chi connectivity index (χ3n) is 5.59. The summed E-state index contributed by atoms with van der Waals surface area (Å²) in [5.41, 5.74) is 2.57. The van der Waals surface area contributed by atoms with Gasteiger partial charge >= 0.3 is 0 Å². The number of amides is 2. The van der Waals surface area contributed by atoms with Crippen molar-refractivity contribution in [3.05, 3.63) is 71.3 Å². The molecule has 0 atom stereocenters. The molecule has 0 unspecified atom stereocenters. The van der Waals surface area contributed by atoms with Crippen molar-refractivity contribution < 1.29 is 9.59 Å². The molecule has 5 heteroatoms. The second kappa shape index (κ2) is 9.51. The van der Waals surface area contributed by atoms with Gasteiger partial charge in [0.2, 0.25) is 0 Å². The quantitative estimate of drug-likeness (QED) is 0.840. The number of piperidine rings is 1. The van der Waals surface area contributed by atoms with Crippen molar-refractivity contribution in [3.63, 3.8) is 0 Å². The summed E-state index contributed by atoms with van der Waals surface area (Å²) < 4.78 is 0. The van der Waals surface area contributed by atoms with E-state index in [1.54, 1.807) is 31.3 Å². The molecule has 1 N–H and O–H groups in total. The molecule has 1 aliphatic heterocycles. The molecule has 1 heterocycles. The van der Waals surface area contributed by atoms with Crippen molar-refractivity contribution in [2.75, 3.05) is 33.7 Å². The van der Waals surface area contributed by atoms with E-state index in [1.165, 1.54) is 5.56 Å². The van der Waals surface area contributed by atoms with Crippen LogP contribution in [0.25, 0.3) is 0 Å². The van der Waals surface area contributed by atoms with Gasteiger partial charge in [0.15, 0.2) is 0 Å². The van der Waals surface area contributed by atoms with Gasteiger partial charge in [-0.2, -0.15) is 0 Å². The number of carbonyl (C=O) groups is 2. The highest BCUT2D eigenvalue weighted by Crippen LogP contribution is 2.18. The van der Waals surface area contributed by atoms with E-state index in [0.717, 1.165) is 38.9 Å². The van der Waals surface area contributed by atoms with Gasteiger partial charge in [-0.3, -0.25) is 9.59 Å². The molecule has 1 saturated heterocycles. The predicted octanol–water partition coefficient (Wildman–Crippen LogP) is 2.83. The van der Waals surface area contributed by atoms with E-state index in [0.29, 0.717) is 17.2 Å². The Balaban J connectivity index is 1.49. The monoisotopic (exact) mass is 379 g/mol. The summed E-state index contributed by atoms with van der Waals surface area (Å²) in [7, 11) is 3.78. The summed E-state index contributed by atoms with van der Waals surface area (Å²) in [6.45, 7) is 2.58. The molecule has 3 rings (SSSR count). The Hall–Kier alpha value is -2.66. The van der Waals surface area contributed by atoms with Crippen LogP contribution in [0.15, 0.2) is 54.6 Å². The number of hydrogen-bond donors (Lipinski definition) is 1. The first-order valence-corrected chi connectivity index (χ1v) is 9.94. The highest BCUT2D eigenvalue weighted by molar-refractivity contribution is 5.97. The molecular weight excluding hydrogens is 350 g/mol. The summed E-state index contributed by atoms with van der Waals surface area (Å²) >= 11 is 0. The number of carbonyl (C=O) groups excluding carboxylic acids is 2. The molecule has 2 aromatic carbocycles. The molecule has 2 amide bonds. The molecule has 1 fully saturated rings.